The van der Waals surface area contributed by atoms with Gasteiger partial charge in [-0.05, 0) is 77.3 Å². The molecule has 0 bridgehead atoms. The molecule has 0 fully saturated rings. The van der Waals surface area contributed by atoms with Crippen LogP contribution in [-0.4, -0.2) is 0 Å². The molecule has 0 saturated carbocycles. The van der Waals surface area contributed by atoms with E-state index >= 15 is 0 Å². The summed E-state index contributed by atoms with van der Waals surface area (Å²) in [5.74, 6) is 0.623. The molecule has 0 saturated heterocycles. The molecule has 2 heterocycles. The molecular weight excluding hydrogens is 386 g/mol. The summed E-state index contributed by atoms with van der Waals surface area (Å²) < 4.78 is 2.58. The number of aryl methyl sites for hydroxylation is 2. The van der Waals surface area contributed by atoms with Gasteiger partial charge >= 0.3 is 0 Å². The molecule has 3 aromatic carbocycles. The van der Waals surface area contributed by atoms with E-state index in [1.54, 1.807) is 0 Å². The van der Waals surface area contributed by atoms with Crippen molar-refractivity contribution in [1.29, 1.82) is 0 Å². The molecule has 6 rings (SSSR count). The minimum absolute atomic E-state index is 0.0274. The predicted octanol–water partition coefficient (Wildman–Crippen LogP) is 7.28. The normalized spacial score (nSPS) is 15.1. The maximum absolute atomic E-state index is 2.58. The lowest BCUT2D eigenvalue weighted by molar-refractivity contribution is -0.645. The highest BCUT2D eigenvalue weighted by Crippen LogP contribution is 2.50. The van der Waals surface area contributed by atoms with Crippen LogP contribution in [0, 0.1) is 19.8 Å². The maximum Gasteiger partial charge on any atom is 0.214 e. The van der Waals surface area contributed by atoms with Crippen LogP contribution < -0.4 is 4.57 Å². The summed E-state index contributed by atoms with van der Waals surface area (Å²) in [5, 5.41) is 1.43. The highest BCUT2D eigenvalue weighted by atomic mass is 15.0. The van der Waals surface area contributed by atoms with Crippen LogP contribution >= 0.6 is 0 Å². The van der Waals surface area contributed by atoms with E-state index in [-0.39, 0.29) is 5.41 Å². The molecule has 1 aliphatic heterocycles. The number of pyridine rings is 1. The fraction of sp³-hybridized carbons (Fsp3) is 0.323. The van der Waals surface area contributed by atoms with Crippen molar-refractivity contribution in [2.45, 2.75) is 59.9 Å². The van der Waals surface area contributed by atoms with E-state index in [1.807, 2.05) is 0 Å². The topological polar surface area (TPSA) is 3.88 Å². The molecule has 32 heavy (non-hydrogen) atoms. The number of benzene rings is 3. The molecule has 0 radical (unpaired) electrons. The summed E-state index contributed by atoms with van der Waals surface area (Å²) in [6.45, 7) is 14.9. The van der Waals surface area contributed by atoms with E-state index in [1.165, 1.54) is 66.7 Å². The van der Waals surface area contributed by atoms with Crippen molar-refractivity contribution in [3.05, 3.63) is 88.0 Å². The monoisotopic (exact) mass is 418 g/mol. The van der Waals surface area contributed by atoms with Crippen molar-refractivity contribution in [1.82, 2.24) is 0 Å². The Hall–Kier alpha value is -2.93. The second-order valence-electron chi connectivity index (χ2n) is 10.9. The van der Waals surface area contributed by atoms with Crippen LogP contribution in [0.2, 0.25) is 0 Å². The highest BCUT2D eigenvalue weighted by Gasteiger charge is 2.38. The Morgan fingerprint density at radius 3 is 2.44 bits per heavy atom. The van der Waals surface area contributed by atoms with Crippen LogP contribution in [0.25, 0.3) is 33.3 Å². The first-order valence-electron chi connectivity index (χ1n) is 12.0. The van der Waals surface area contributed by atoms with Gasteiger partial charge in [-0.3, -0.25) is 0 Å². The van der Waals surface area contributed by atoms with E-state index in [0.717, 1.165) is 13.0 Å². The Morgan fingerprint density at radius 2 is 1.66 bits per heavy atom. The van der Waals surface area contributed by atoms with Crippen LogP contribution in [0.3, 0.4) is 0 Å². The lowest BCUT2D eigenvalue weighted by Gasteiger charge is -2.21. The Bertz CT molecular complexity index is 1440. The lowest BCUT2D eigenvalue weighted by Crippen LogP contribution is -2.34. The van der Waals surface area contributed by atoms with Gasteiger partial charge in [0.25, 0.3) is 0 Å². The van der Waals surface area contributed by atoms with E-state index < -0.39 is 0 Å². The number of fused-ring (bicyclic) bond motifs is 8. The standard InChI is InChI=1S/C31H32N/c1-18(2)11-21-14-29-25-13-19(3)12-20(4)26(25)17-32(29)30-16-28-24(15-23(21)30)22-9-7-8-10-27(22)31(28,5)6/h7-10,12-16,18H,11,17H2,1-6H3/q+1. The Kier molecular flexibility index (Phi) is 4.03. The van der Waals surface area contributed by atoms with Crippen LogP contribution in [0.15, 0.2) is 54.6 Å². The molecule has 0 amide bonds. The summed E-state index contributed by atoms with van der Waals surface area (Å²) in [5.41, 5.74) is 15.7. The van der Waals surface area contributed by atoms with E-state index in [0.29, 0.717) is 5.92 Å². The molecule has 0 N–H and O–H groups in total. The molecule has 0 atom stereocenters. The average Bonchev–Trinajstić information content (AvgIpc) is 3.21. The summed E-state index contributed by atoms with van der Waals surface area (Å²) in [6.07, 6.45) is 1.11. The summed E-state index contributed by atoms with van der Waals surface area (Å²) in [7, 11) is 0. The molecular formula is C31H32N+. The largest absolute Gasteiger partial charge is 0.214 e. The van der Waals surface area contributed by atoms with Crippen molar-refractivity contribution in [3.8, 4) is 22.4 Å². The molecule has 1 aromatic heterocycles. The zero-order chi connectivity index (χ0) is 22.4. The predicted molar refractivity (Wildman–Crippen MR) is 134 cm³/mol. The Balaban J connectivity index is 1.70. The van der Waals surface area contributed by atoms with Gasteiger partial charge in [0.2, 0.25) is 11.2 Å². The third kappa shape index (κ3) is 2.60. The van der Waals surface area contributed by atoms with Crippen LogP contribution in [0.4, 0.5) is 0 Å². The zero-order valence-electron chi connectivity index (χ0n) is 20.1. The van der Waals surface area contributed by atoms with Crippen molar-refractivity contribution in [3.63, 3.8) is 0 Å². The second kappa shape index (κ2) is 6.54. The van der Waals surface area contributed by atoms with Gasteiger partial charge in [-0.2, -0.15) is 4.57 Å². The van der Waals surface area contributed by atoms with Crippen LogP contribution in [0.1, 0.15) is 61.1 Å². The Labute approximate surface area is 191 Å². The quantitative estimate of drug-likeness (QED) is 0.265. The van der Waals surface area contributed by atoms with Gasteiger partial charge < -0.3 is 0 Å². The number of aromatic nitrogens is 1. The van der Waals surface area contributed by atoms with E-state index in [9.17, 15) is 0 Å². The minimum Gasteiger partial charge on any atom is -0.187 e. The minimum atomic E-state index is 0.0274. The third-order valence-corrected chi connectivity index (χ3v) is 7.78. The van der Waals surface area contributed by atoms with Crippen molar-refractivity contribution >= 4 is 10.9 Å². The number of hydrogen-bond donors (Lipinski definition) is 0. The number of nitrogens with zero attached hydrogens (tertiary/aromatic N) is 1. The summed E-state index contributed by atoms with van der Waals surface area (Å²) in [4.78, 5) is 0. The number of rotatable bonds is 2. The third-order valence-electron chi connectivity index (χ3n) is 7.78. The molecule has 0 spiro atoms. The number of hydrogen-bond acceptors (Lipinski definition) is 0. The first-order valence-corrected chi connectivity index (χ1v) is 12.0. The zero-order valence-corrected chi connectivity index (χ0v) is 20.1. The van der Waals surface area contributed by atoms with Gasteiger partial charge in [0, 0.05) is 23.1 Å². The van der Waals surface area contributed by atoms with Crippen LogP contribution in [0.5, 0.6) is 0 Å². The fourth-order valence-electron chi connectivity index (χ4n) is 6.26. The maximum atomic E-state index is 2.58. The van der Waals surface area contributed by atoms with Gasteiger partial charge in [0.15, 0.2) is 6.54 Å². The first kappa shape index (κ1) is 19.7. The SMILES string of the molecule is Cc1cc(C)c2c(c1)-c1cc(CC(C)C)c3cc4c(cc3[n+]1C2)C(C)(C)c1ccccc1-4. The first-order chi connectivity index (χ1) is 15.3. The van der Waals surface area contributed by atoms with E-state index in [2.05, 4.69) is 101 Å². The highest BCUT2D eigenvalue weighted by molar-refractivity contribution is 5.93. The molecule has 0 unspecified atom stereocenters. The van der Waals surface area contributed by atoms with Crippen molar-refractivity contribution < 1.29 is 4.57 Å². The molecule has 4 aromatic rings. The van der Waals surface area contributed by atoms with Crippen molar-refractivity contribution in [2.75, 3.05) is 0 Å². The average molecular weight is 419 g/mol. The van der Waals surface area contributed by atoms with Gasteiger partial charge in [-0.15, -0.1) is 0 Å². The molecule has 160 valence electrons. The molecule has 1 aliphatic carbocycles. The summed E-state index contributed by atoms with van der Waals surface area (Å²) >= 11 is 0. The van der Waals surface area contributed by atoms with Gasteiger partial charge in [-0.25, -0.2) is 0 Å². The van der Waals surface area contributed by atoms with Gasteiger partial charge in [0.1, 0.15) is 0 Å². The smallest absolute Gasteiger partial charge is 0.187 e. The molecule has 1 nitrogen and oxygen atoms in total. The molecule has 1 heteroatoms. The second-order valence-corrected chi connectivity index (χ2v) is 10.9. The summed E-state index contributed by atoms with van der Waals surface area (Å²) in [6, 6.07) is 21.2. The van der Waals surface area contributed by atoms with Gasteiger partial charge in [0.05, 0.1) is 10.9 Å². The van der Waals surface area contributed by atoms with Crippen LogP contribution in [-0.2, 0) is 18.4 Å². The lowest BCUT2D eigenvalue weighted by atomic mass is 9.82. The Morgan fingerprint density at radius 1 is 0.875 bits per heavy atom. The fourth-order valence-corrected chi connectivity index (χ4v) is 6.26. The van der Waals surface area contributed by atoms with Gasteiger partial charge in [-0.1, -0.05) is 58.0 Å². The van der Waals surface area contributed by atoms with Crippen molar-refractivity contribution in [2.24, 2.45) is 5.92 Å². The van der Waals surface area contributed by atoms with E-state index in [4.69, 9.17) is 0 Å². The molecule has 2 aliphatic rings.